The number of aromatic nitrogens is 2. The van der Waals surface area contributed by atoms with Gasteiger partial charge in [0.2, 0.25) is 0 Å². The summed E-state index contributed by atoms with van der Waals surface area (Å²) in [5.41, 5.74) is -0.353. The molecule has 2 heterocycles. The maximum absolute atomic E-state index is 12.8. The Balaban J connectivity index is 1.45. The first-order chi connectivity index (χ1) is 14.6. The summed E-state index contributed by atoms with van der Waals surface area (Å²) >= 11 is 5.58. The predicted molar refractivity (Wildman–Crippen MR) is 100 cm³/mol. The zero-order chi connectivity index (χ0) is 22.3. The monoisotopic (exact) mass is 449 g/mol. The maximum Gasteiger partial charge on any atom is 0.436 e. The molecule has 7 nitrogen and oxygen atoms in total. The lowest BCUT2D eigenvalue weighted by atomic mass is 10.1. The first kappa shape index (κ1) is 20.6. The van der Waals surface area contributed by atoms with Crippen LogP contribution >= 0.6 is 11.6 Å². The summed E-state index contributed by atoms with van der Waals surface area (Å²) in [6, 6.07) is 11.7. The van der Waals surface area contributed by atoms with E-state index in [4.69, 9.17) is 16.4 Å². The van der Waals surface area contributed by atoms with Gasteiger partial charge in [0.25, 0.3) is 11.8 Å². The van der Waals surface area contributed by atoms with Crippen LogP contribution in [0.15, 0.2) is 54.7 Å². The molecule has 158 valence electrons. The zero-order valence-corrected chi connectivity index (χ0v) is 16.1. The number of hydrogen-bond donors (Lipinski definition) is 0. The van der Waals surface area contributed by atoms with Crippen molar-refractivity contribution in [3.8, 4) is 0 Å². The standard InChI is InChI=1S/C20H11ClF3N3O4/c21-15-10-26(25-16(15)20(22,23)24)9-11-5-7-12(8-6-11)19(30)31-27-17(28)13-3-1-2-4-14(13)18(27)29/h1-8,10H,9H2. The molecule has 0 N–H and O–H groups in total. The number of benzene rings is 2. The van der Waals surface area contributed by atoms with Gasteiger partial charge >= 0.3 is 12.1 Å². The lowest BCUT2D eigenvalue weighted by Gasteiger charge is -2.12. The first-order valence-corrected chi connectivity index (χ1v) is 9.12. The van der Waals surface area contributed by atoms with E-state index in [1.807, 2.05) is 0 Å². The summed E-state index contributed by atoms with van der Waals surface area (Å²) in [6.07, 6.45) is -3.62. The van der Waals surface area contributed by atoms with Crippen LogP contribution in [0.3, 0.4) is 0 Å². The highest BCUT2D eigenvalue weighted by molar-refractivity contribution is 6.31. The Labute approximate surface area is 177 Å². The third-order valence-electron chi connectivity index (χ3n) is 4.45. The maximum atomic E-state index is 12.8. The summed E-state index contributed by atoms with van der Waals surface area (Å²) in [5.74, 6) is -2.44. The summed E-state index contributed by atoms with van der Waals surface area (Å²) in [4.78, 5) is 41.8. The van der Waals surface area contributed by atoms with Gasteiger partial charge in [-0.1, -0.05) is 40.9 Å². The Morgan fingerprint density at radius 1 is 1.00 bits per heavy atom. The number of halogens is 4. The van der Waals surface area contributed by atoms with E-state index < -0.39 is 34.7 Å². The van der Waals surface area contributed by atoms with Crippen LogP contribution in [0.5, 0.6) is 0 Å². The molecule has 4 rings (SSSR count). The minimum atomic E-state index is -4.67. The second-order valence-corrected chi connectivity index (χ2v) is 6.95. The van der Waals surface area contributed by atoms with Crippen molar-refractivity contribution in [2.75, 3.05) is 0 Å². The molecule has 0 unspecified atom stereocenters. The molecule has 0 saturated carbocycles. The minimum Gasteiger partial charge on any atom is -0.324 e. The molecule has 1 aliphatic rings. The molecule has 0 atom stereocenters. The van der Waals surface area contributed by atoms with Crippen molar-refractivity contribution in [1.29, 1.82) is 0 Å². The van der Waals surface area contributed by atoms with Gasteiger partial charge in [-0.3, -0.25) is 14.3 Å². The molecule has 0 spiro atoms. The van der Waals surface area contributed by atoms with Crippen molar-refractivity contribution >= 4 is 29.4 Å². The van der Waals surface area contributed by atoms with Crippen LogP contribution in [0.25, 0.3) is 0 Å². The Kier molecular flexibility index (Phi) is 5.02. The van der Waals surface area contributed by atoms with Crippen molar-refractivity contribution < 1.29 is 32.4 Å². The van der Waals surface area contributed by atoms with Crippen LogP contribution in [-0.4, -0.2) is 32.6 Å². The summed E-state index contributed by atoms with van der Waals surface area (Å²) in [6.45, 7) is -0.0243. The van der Waals surface area contributed by atoms with E-state index in [-0.39, 0.29) is 23.2 Å². The van der Waals surface area contributed by atoms with Gasteiger partial charge in [0.1, 0.15) is 0 Å². The number of fused-ring (bicyclic) bond motifs is 1. The van der Waals surface area contributed by atoms with Crippen molar-refractivity contribution in [1.82, 2.24) is 14.8 Å². The van der Waals surface area contributed by atoms with Crippen LogP contribution in [0.1, 0.15) is 42.3 Å². The fourth-order valence-corrected chi connectivity index (χ4v) is 3.25. The number of nitrogens with zero attached hydrogens (tertiary/aromatic N) is 3. The predicted octanol–water partition coefficient (Wildman–Crippen LogP) is 3.97. The van der Waals surface area contributed by atoms with Crippen LogP contribution in [-0.2, 0) is 17.6 Å². The van der Waals surface area contributed by atoms with E-state index in [0.29, 0.717) is 10.6 Å². The number of carbonyl (C=O) groups excluding carboxylic acids is 3. The van der Waals surface area contributed by atoms with Crippen molar-refractivity contribution in [2.24, 2.45) is 0 Å². The average Bonchev–Trinajstić information content (AvgIpc) is 3.21. The number of alkyl halides is 3. The second-order valence-electron chi connectivity index (χ2n) is 6.55. The molecule has 0 saturated heterocycles. The molecule has 0 aliphatic carbocycles. The van der Waals surface area contributed by atoms with Crippen LogP contribution in [0.2, 0.25) is 5.02 Å². The molecule has 2 amide bonds. The highest BCUT2D eigenvalue weighted by atomic mass is 35.5. The lowest BCUT2D eigenvalue weighted by Crippen LogP contribution is -2.32. The van der Waals surface area contributed by atoms with Gasteiger partial charge in [-0.25, -0.2) is 4.79 Å². The van der Waals surface area contributed by atoms with Crippen molar-refractivity contribution in [3.63, 3.8) is 0 Å². The second kappa shape index (κ2) is 7.55. The number of rotatable bonds is 4. The molecule has 3 aromatic rings. The SMILES string of the molecule is O=C(ON1C(=O)c2ccccc2C1=O)c1ccc(Cn2cc(Cl)c(C(F)(F)F)n2)cc1. The Morgan fingerprint density at radius 2 is 1.58 bits per heavy atom. The van der Waals surface area contributed by atoms with E-state index >= 15 is 0 Å². The molecule has 0 radical (unpaired) electrons. The number of carbonyl (C=O) groups is 3. The fraction of sp³-hybridized carbons (Fsp3) is 0.100. The highest BCUT2D eigenvalue weighted by Gasteiger charge is 2.39. The Hall–Kier alpha value is -3.66. The van der Waals surface area contributed by atoms with Gasteiger partial charge in [0.05, 0.1) is 28.3 Å². The van der Waals surface area contributed by atoms with E-state index in [9.17, 15) is 27.6 Å². The molecule has 11 heteroatoms. The van der Waals surface area contributed by atoms with Crippen molar-refractivity contribution in [2.45, 2.75) is 12.7 Å². The number of hydroxylamine groups is 2. The summed E-state index contributed by atoms with van der Waals surface area (Å²) < 4.78 is 39.4. The third-order valence-corrected chi connectivity index (χ3v) is 4.73. The van der Waals surface area contributed by atoms with E-state index in [2.05, 4.69) is 5.10 Å². The van der Waals surface area contributed by atoms with Gasteiger partial charge in [-0.2, -0.15) is 18.3 Å². The van der Waals surface area contributed by atoms with Gasteiger partial charge < -0.3 is 4.84 Å². The van der Waals surface area contributed by atoms with Crippen LogP contribution < -0.4 is 0 Å². The van der Waals surface area contributed by atoms with Gasteiger partial charge in [-0.05, 0) is 29.8 Å². The fourth-order valence-electron chi connectivity index (χ4n) is 2.99. The quantitative estimate of drug-likeness (QED) is 0.563. The minimum absolute atomic E-state index is 0.0243. The molecule has 1 aliphatic heterocycles. The van der Waals surface area contributed by atoms with Gasteiger partial charge in [0, 0.05) is 6.20 Å². The highest BCUT2D eigenvalue weighted by Crippen LogP contribution is 2.33. The smallest absolute Gasteiger partial charge is 0.324 e. The number of imide groups is 1. The Morgan fingerprint density at radius 3 is 2.10 bits per heavy atom. The summed E-state index contributed by atoms with van der Waals surface area (Å²) in [5, 5.41) is 3.30. The average molecular weight is 450 g/mol. The third kappa shape index (κ3) is 3.89. The molecular weight excluding hydrogens is 439 g/mol. The normalized spacial score (nSPS) is 13.5. The molecular formula is C20H11ClF3N3O4. The lowest BCUT2D eigenvalue weighted by molar-refractivity contribution is -0.141. The van der Waals surface area contributed by atoms with Gasteiger partial charge in [0.15, 0.2) is 5.69 Å². The van der Waals surface area contributed by atoms with Crippen LogP contribution in [0.4, 0.5) is 13.2 Å². The molecule has 0 fully saturated rings. The Bertz CT molecular complexity index is 1170. The van der Waals surface area contributed by atoms with E-state index in [1.165, 1.54) is 36.4 Å². The zero-order valence-electron chi connectivity index (χ0n) is 15.4. The van der Waals surface area contributed by atoms with Crippen LogP contribution in [0, 0.1) is 0 Å². The topological polar surface area (TPSA) is 81.5 Å². The summed E-state index contributed by atoms with van der Waals surface area (Å²) in [7, 11) is 0. The largest absolute Gasteiger partial charge is 0.436 e. The van der Waals surface area contributed by atoms with Gasteiger partial charge in [-0.15, -0.1) is 0 Å². The molecule has 2 aromatic carbocycles. The molecule has 0 bridgehead atoms. The molecule has 1 aromatic heterocycles. The molecule has 31 heavy (non-hydrogen) atoms. The van der Waals surface area contributed by atoms with E-state index in [0.717, 1.165) is 10.9 Å². The number of hydrogen-bond acceptors (Lipinski definition) is 5. The van der Waals surface area contributed by atoms with E-state index in [1.54, 1.807) is 12.1 Å². The van der Waals surface area contributed by atoms with Crippen molar-refractivity contribution in [3.05, 3.63) is 87.7 Å². The number of amides is 2. The first-order valence-electron chi connectivity index (χ1n) is 8.74.